The van der Waals surface area contributed by atoms with Crippen molar-refractivity contribution in [1.29, 1.82) is 0 Å². The number of carboxylic acids is 1. The maximum Gasteiger partial charge on any atom is 0.451 e. The Morgan fingerprint density at radius 3 is 2.59 bits per heavy atom. The van der Waals surface area contributed by atoms with Crippen molar-refractivity contribution in [3.63, 3.8) is 0 Å². The zero-order valence-electron chi connectivity index (χ0n) is 15.3. The number of benzene rings is 1. The van der Waals surface area contributed by atoms with Crippen LogP contribution in [0.25, 0.3) is 0 Å². The lowest BCUT2D eigenvalue weighted by Gasteiger charge is -2.47. The van der Waals surface area contributed by atoms with Crippen LogP contribution in [-0.2, 0) is 6.42 Å². The van der Waals surface area contributed by atoms with Crippen LogP contribution in [0.15, 0.2) is 12.1 Å². The molecular weight excluding hydrogens is 351 g/mol. The number of likely N-dealkylation sites (tertiary alicyclic amines) is 1. The SMILES string of the molecule is N[C@@H]1CCCC[C@@H]1N1CC(Oc2ccc(CCB(O)O)c(O)c2C(=O)O)C1. The quantitative estimate of drug-likeness (QED) is 0.431. The summed E-state index contributed by atoms with van der Waals surface area (Å²) in [5, 5.41) is 37.7. The Morgan fingerprint density at radius 2 is 1.96 bits per heavy atom. The number of carbonyl (C=O) groups is 1. The van der Waals surface area contributed by atoms with Crippen molar-refractivity contribution in [3.05, 3.63) is 23.3 Å². The van der Waals surface area contributed by atoms with Crippen molar-refractivity contribution < 1.29 is 29.8 Å². The highest BCUT2D eigenvalue weighted by Crippen LogP contribution is 2.34. The number of phenols is 1. The number of aryl methyl sites for hydroxylation is 1. The third-order valence-corrected chi connectivity index (χ3v) is 5.53. The van der Waals surface area contributed by atoms with Crippen molar-refractivity contribution in [2.45, 2.75) is 56.6 Å². The van der Waals surface area contributed by atoms with Crippen molar-refractivity contribution in [1.82, 2.24) is 4.90 Å². The molecule has 0 bridgehead atoms. The Morgan fingerprint density at radius 1 is 1.26 bits per heavy atom. The standard InChI is InChI=1S/C18H27BN2O6/c20-13-3-1-2-4-14(13)21-9-12(10-21)27-15-6-5-11(7-8-19(25)26)17(22)16(15)18(23)24/h5-6,12-14,22,25-26H,1-4,7-10,20H2,(H,23,24)/t13-,14+/m1/s1. The van der Waals surface area contributed by atoms with Gasteiger partial charge in [-0.05, 0) is 37.2 Å². The first-order chi connectivity index (χ1) is 12.9. The second-order valence-corrected chi connectivity index (χ2v) is 7.48. The predicted molar refractivity (Wildman–Crippen MR) is 100.0 cm³/mol. The van der Waals surface area contributed by atoms with E-state index in [-0.39, 0.29) is 41.9 Å². The maximum absolute atomic E-state index is 11.6. The fraction of sp³-hybridized carbons (Fsp3) is 0.611. The van der Waals surface area contributed by atoms with Gasteiger partial charge in [0.25, 0.3) is 0 Å². The fourth-order valence-electron chi connectivity index (χ4n) is 3.99. The second-order valence-electron chi connectivity index (χ2n) is 7.48. The van der Waals surface area contributed by atoms with E-state index in [1.807, 2.05) is 0 Å². The Balaban J connectivity index is 1.65. The molecule has 1 saturated carbocycles. The lowest BCUT2D eigenvalue weighted by molar-refractivity contribution is -0.0248. The van der Waals surface area contributed by atoms with Crippen molar-refractivity contribution in [2.75, 3.05) is 13.1 Å². The molecule has 0 aromatic heterocycles. The summed E-state index contributed by atoms with van der Waals surface area (Å²) < 4.78 is 5.84. The maximum atomic E-state index is 11.6. The van der Waals surface area contributed by atoms with Gasteiger partial charge in [-0.1, -0.05) is 18.9 Å². The van der Waals surface area contributed by atoms with E-state index in [9.17, 15) is 15.0 Å². The second kappa shape index (κ2) is 8.47. The Labute approximate surface area is 158 Å². The first kappa shape index (κ1) is 19.9. The van der Waals surface area contributed by atoms with Gasteiger partial charge in [-0.25, -0.2) is 4.79 Å². The molecule has 0 unspecified atom stereocenters. The van der Waals surface area contributed by atoms with E-state index in [1.165, 1.54) is 18.9 Å². The predicted octanol–water partition coefficient (Wildman–Crippen LogP) is 0.439. The molecule has 2 aliphatic rings. The molecule has 148 valence electrons. The number of rotatable bonds is 7. The highest BCUT2D eigenvalue weighted by molar-refractivity contribution is 6.41. The van der Waals surface area contributed by atoms with Gasteiger partial charge >= 0.3 is 13.1 Å². The molecule has 2 fully saturated rings. The molecule has 1 aromatic carbocycles. The van der Waals surface area contributed by atoms with E-state index in [0.717, 1.165) is 12.8 Å². The average molecular weight is 378 g/mol. The number of hydrogen-bond donors (Lipinski definition) is 5. The summed E-state index contributed by atoms with van der Waals surface area (Å²) >= 11 is 0. The van der Waals surface area contributed by atoms with E-state index in [1.54, 1.807) is 6.07 Å². The highest BCUT2D eigenvalue weighted by atomic mass is 16.5. The summed E-state index contributed by atoms with van der Waals surface area (Å²) in [7, 11) is -1.51. The molecule has 3 rings (SSSR count). The number of nitrogens with zero attached hydrogens (tertiary/aromatic N) is 1. The normalized spacial score (nSPS) is 23.7. The first-order valence-electron chi connectivity index (χ1n) is 9.47. The fourth-order valence-corrected chi connectivity index (χ4v) is 3.99. The van der Waals surface area contributed by atoms with Gasteiger partial charge in [0.2, 0.25) is 0 Å². The molecule has 8 nitrogen and oxygen atoms in total. The van der Waals surface area contributed by atoms with Gasteiger partial charge in [0.1, 0.15) is 23.2 Å². The van der Waals surface area contributed by atoms with Crippen LogP contribution >= 0.6 is 0 Å². The summed E-state index contributed by atoms with van der Waals surface area (Å²) in [5.74, 6) is -1.53. The van der Waals surface area contributed by atoms with E-state index in [2.05, 4.69) is 4.90 Å². The molecule has 1 aliphatic carbocycles. The third kappa shape index (κ3) is 4.55. The molecule has 27 heavy (non-hydrogen) atoms. The van der Waals surface area contributed by atoms with Gasteiger partial charge in [-0.2, -0.15) is 0 Å². The summed E-state index contributed by atoms with van der Waals surface area (Å²) in [6, 6.07) is 3.63. The van der Waals surface area contributed by atoms with Crippen LogP contribution < -0.4 is 10.5 Å². The smallest absolute Gasteiger partial charge is 0.451 e. The molecule has 0 amide bonds. The third-order valence-electron chi connectivity index (χ3n) is 5.53. The molecular formula is C18H27BN2O6. The van der Waals surface area contributed by atoms with Gasteiger partial charge < -0.3 is 30.7 Å². The highest BCUT2D eigenvalue weighted by Gasteiger charge is 2.38. The number of nitrogens with two attached hydrogens (primary N) is 1. The molecule has 1 heterocycles. The molecule has 0 spiro atoms. The first-order valence-corrected chi connectivity index (χ1v) is 9.47. The summed E-state index contributed by atoms with van der Waals surface area (Å²) in [4.78, 5) is 13.9. The van der Waals surface area contributed by atoms with Crippen LogP contribution in [0.2, 0.25) is 6.32 Å². The van der Waals surface area contributed by atoms with Gasteiger partial charge in [-0.15, -0.1) is 0 Å². The summed E-state index contributed by atoms with van der Waals surface area (Å²) in [6.45, 7) is 1.38. The van der Waals surface area contributed by atoms with E-state index >= 15 is 0 Å². The number of carboxylic acid groups (broad SMARTS) is 1. The molecule has 1 saturated heterocycles. The van der Waals surface area contributed by atoms with Crippen LogP contribution in [-0.4, -0.2) is 69.5 Å². The summed E-state index contributed by atoms with van der Waals surface area (Å²) in [5.41, 5.74) is 6.27. The molecule has 0 radical (unpaired) electrons. The van der Waals surface area contributed by atoms with E-state index in [0.29, 0.717) is 24.7 Å². The van der Waals surface area contributed by atoms with Gasteiger partial charge in [0.05, 0.1) is 0 Å². The van der Waals surface area contributed by atoms with Crippen LogP contribution in [0, 0.1) is 0 Å². The van der Waals surface area contributed by atoms with Crippen LogP contribution in [0.5, 0.6) is 11.5 Å². The molecule has 1 aromatic rings. The van der Waals surface area contributed by atoms with Crippen molar-refractivity contribution in [2.24, 2.45) is 5.73 Å². The van der Waals surface area contributed by atoms with Crippen molar-refractivity contribution in [3.8, 4) is 11.5 Å². The van der Waals surface area contributed by atoms with Crippen LogP contribution in [0.3, 0.4) is 0 Å². The van der Waals surface area contributed by atoms with Crippen LogP contribution in [0.4, 0.5) is 0 Å². The molecule has 1 aliphatic heterocycles. The minimum absolute atomic E-state index is 0.00600. The number of ether oxygens (including phenoxy) is 1. The number of aromatic carboxylic acids is 1. The molecule has 9 heteroatoms. The lowest BCUT2D eigenvalue weighted by Crippen LogP contribution is -2.62. The number of hydrogen-bond acceptors (Lipinski definition) is 7. The lowest BCUT2D eigenvalue weighted by atomic mass is 9.82. The van der Waals surface area contributed by atoms with Crippen LogP contribution in [0.1, 0.15) is 41.6 Å². The van der Waals surface area contributed by atoms with Gasteiger partial charge in [0, 0.05) is 25.2 Å². The van der Waals surface area contributed by atoms with E-state index < -0.39 is 13.1 Å². The Hall–Kier alpha value is -1.81. The molecule has 6 N–H and O–H groups in total. The van der Waals surface area contributed by atoms with Crippen molar-refractivity contribution >= 4 is 13.1 Å². The zero-order chi connectivity index (χ0) is 19.6. The number of aromatic hydroxyl groups is 1. The Kier molecular flexibility index (Phi) is 6.26. The Bertz CT molecular complexity index is 680. The summed E-state index contributed by atoms with van der Waals surface area (Å²) in [6.07, 6.45) is 4.50. The topological polar surface area (TPSA) is 136 Å². The zero-order valence-corrected chi connectivity index (χ0v) is 15.3. The minimum Gasteiger partial charge on any atom is -0.507 e. The minimum atomic E-state index is -1.51. The van der Waals surface area contributed by atoms with E-state index in [4.69, 9.17) is 20.5 Å². The van der Waals surface area contributed by atoms with Gasteiger partial charge in [0.15, 0.2) is 0 Å². The van der Waals surface area contributed by atoms with Gasteiger partial charge in [-0.3, -0.25) is 4.90 Å². The average Bonchev–Trinajstić information content (AvgIpc) is 2.57. The largest absolute Gasteiger partial charge is 0.507 e. The molecule has 2 atom stereocenters. The monoisotopic (exact) mass is 378 g/mol.